The predicted octanol–water partition coefficient (Wildman–Crippen LogP) is 6.81. The van der Waals surface area contributed by atoms with Crippen LogP contribution in [0.1, 0.15) is 38.8 Å². The van der Waals surface area contributed by atoms with Crippen molar-refractivity contribution in [2.24, 2.45) is 5.92 Å². The molecule has 1 fully saturated rings. The van der Waals surface area contributed by atoms with E-state index in [4.69, 9.17) is 21.0 Å². The van der Waals surface area contributed by atoms with E-state index >= 15 is 0 Å². The number of thiophene rings is 1. The predicted molar refractivity (Wildman–Crippen MR) is 145 cm³/mol. The van der Waals surface area contributed by atoms with Gasteiger partial charge >= 0.3 is 0 Å². The first-order valence-corrected chi connectivity index (χ1v) is 13.6. The minimum absolute atomic E-state index is 0.0131. The Labute approximate surface area is 219 Å². The monoisotopic (exact) mass is 536 g/mol. The molecule has 6 rings (SSSR count). The number of hydrogen-bond acceptors (Lipinski definition) is 8. The van der Waals surface area contributed by atoms with E-state index in [0.29, 0.717) is 32.6 Å². The number of aromatic nitrogens is 2. The van der Waals surface area contributed by atoms with Crippen molar-refractivity contribution in [1.82, 2.24) is 9.97 Å². The lowest BCUT2D eigenvalue weighted by atomic mass is 9.89. The first-order valence-electron chi connectivity index (χ1n) is 11.6. The third-order valence-corrected chi connectivity index (χ3v) is 8.79. The standard InChI is InChI=1S/C26H21ClN4O3S2/c1-14-28-19-12-18(6-7-20(19)34-14)29-24(33)21-13-22-25(35-21)30-26(36-22)31-10-8-16(9-11-31)23(32)15-2-4-17(27)5-3-15/h2-7,12-13,16H,8-11H2,1H3,(H,29,33). The molecular formula is C26H21ClN4O3S2. The van der Waals surface area contributed by atoms with Crippen molar-refractivity contribution in [3.63, 3.8) is 0 Å². The number of halogens is 1. The number of benzene rings is 2. The second-order valence-corrected chi connectivity index (χ2v) is 11.3. The molecule has 0 unspecified atom stereocenters. The van der Waals surface area contributed by atoms with Crippen LogP contribution in [-0.4, -0.2) is 34.7 Å². The van der Waals surface area contributed by atoms with Crippen LogP contribution in [-0.2, 0) is 0 Å². The number of carbonyl (C=O) groups excluding carboxylic acids is 2. The van der Waals surface area contributed by atoms with Gasteiger partial charge in [-0.15, -0.1) is 11.3 Å². The number of nitrogens with one attached hydrogen (secondary N) is 1. The van der Waals surface area contributed by atoms with Crippen LogP contribution in [0.4, 0.5) is 10.8 Å². The number of piperidine rings is 1. The van der Waals surface area contributed by atoms with Gasteiger partial charge in [0.1, 0.15) is 10.3 Å². The molecule has 1 amide bonds. The molecule has 0 saturated carbocycles. The number of ketones is 1. The molecule has 36 heavy (non-hydrogen) atoms. The molecule has 0 radical (unpaired) electrons. The molecule has 0 spiro atoms. The largest absolute Gasteiger partial charge is 0.441 e. The van der Waals surface area contributed by atoms with E-state index in [1.807, 2.05) is 6.07 Å². The van der Waals surface area contributed by atoms with E-state index in [9.17, 15) is 9.59 Å². The summed E-state index contributed by atoms with van der Waals surface area (Å²) < 4.78 is 6.48. The zero-order valence-corrected chi connectivity index (χ0v) is 21.7. The van der Waals surface area contributed by atoms with Gasteiger partial charge in [0.25, 0.3) is 5.91 Å². The van der Waals surface area contributed by atoms with Crippen molar-refractivity contribution in [3.05, 3.63) is 69.9 Å². The van der Waals surface area contributed by atoms with Gasteiger partial charge in [0.15, 0.2) is 22.4 Å². The smallest absolute Gasteiger partial charge is 0.265 e. The van der Waals surface area contributed by atoms with Crippen LogP contribution >= 0.6 is 34.3 Å². The first-order chi connectivity index (χ1) is 17.4. The summed E-state index contributed by atoms with van der Waals surface area (Å²) in [6, 6.07) is 14.4. The molecule has 0 aliphatic carbocycles. The molecular weight excluding hydrogens is 516 g/mol. The topological polar surface area (TPSA) is 88.3 Å². The van der Waals surface area contributed by atoms with Crippen LogP contribution in [0, 0.1) is 12.8 Å². The summed E-state index contributed by atoms with van der Waals surface area (Å²) in [6.45, 7) is 3.35. The van der Waals surface area contributed by atoms with Crippen molar-refractivity contribution < 1.29 is 14.0 Å². The molecule has 4 heterocycles. The third kappa shape index (κ3) is 4.50. The van der Waals surface area contributed by atoms with Gasteiger partial charge in [0.2, 0.25) is 0 Å². The highest BCUT2D eigenvalue weighted by Crippen LogP contribution is 2.37. The van der Waals surface area contributed by atoms with Crippen molar-refractivity contribution in [2.45, 2.75) is 19.8 Å². The number of amides is 1. The fourth-order valence-electron chi connectivity index (χ4n) is 4.47. The van der Waals surface area contributed by atoms with Crippen LogP contribution in [0.25, 0.3) is 20.6 Å². The van der Waals surface area contributed by atoms with Gasteiger partial charge in [-0.05, 0) is 61.4 Å². The molecule has 5 aromatic rings. The Kier molecular flexibility index (Phi) is 5.99. The number of oxazole rings is 1. The van der Waals surface area contributed by atoms with Gasteiger partial charge in [0.05, 0.1) is 9.58 Å². The lowest BCUT2D eigenvalue weighted by Gasteiger charge is -2.31. The SMILES string of the molecule is Cc1nc2cc(NC(=O)c3cc4sc(N5CCC(C(=O)c6ccc(Cl)cc6)CC5)nc4s3)ccc2o1. The Hall–Kier alpha value is -3.27. The second kappa shape index (κ2) is 9.31. The van der Waals surface area contributed by atoms with Crippen molar-refractivity contribution in [2.75, 3.05) is 23.3 Å². The highest BCUT2D eigenvalue weighted by atomic mass is 35.5. The zero-order valence-electron chi connectivity index (χ0n) is 19.3. The molecule has 1 aliphatic heterocycles. The summed E-state index contributed by atoms with van der Waals surface area (Å²) in [5.74, 6) is 0.609. The molecule has 182 valence electrons. The minimum Gasteiger partial charge on any atom is -0.441 e. The molecule has 1 N–H and O–H groups in total. The number of hydrogen-bond donors (Lipinski definition) is 1. The molecule has 0 bridgehead atoms. The Balaban J connectivity index is 1.10. The van der Waals surface area contributed by atoms with Crippen molar-refractivity contribution >= 4 is 77.4 Å². The number of carbonyl (C=O) groups is 2. The van der Waals surface area contributed by atoms with Gasteiger partial charge in [-0.3, -0.25) is 9.59 Å². The molecule has 1 saturated heterocycles. The second-order valence-electron chi connectivity index (χ2n) is 8.78. The maximum atomic E-state index is 12.8. The highest BCUT2D eigenvalue weighted by molar-refractivity contribution is 7.29. The number of fused-ring (bicyclic) bond motifs is 2. The van der Waals surface area contributed by atoms with E-state index in [-0.39, 0.29) is 17.6 Å². The maximum absolute atomic E-state index is 12.8. The van der Waals surface area contributed by atoms with Gasteiger partial charge in [-0.25, -0.2) is 9.97 Å². The highest BCUT2D eigenvalue weighted by Gasteiger charge is 2.27. The number of thiazole rings is 1. The normalized spacial score (nSPS) is 14.6. The zero-order chi connectivity index (χ0) is 24.8. The van der Waals surface area contributed by atoms with E-state index in [1.165, 1.54) is 11.3 Å². The Bertz CT molecular complexity index is 1570. The summed E-state index contributed by atoms with van der Waals surface area (Å²) in [6.07, 6.45) is 1.58. The van der Waals surface area contributed by atoms with E-state index in [2.05, 4.69) is 15.2 Å². The number of anilines is 2. The number of Topliss-reactive ketones (excluding diaryl/α,β-unsaturated/α-hetero) is 1. The molecule has 3 aromatic heterocycles. The maximum Gasteiger partial charge on any atom is 0.265 e. The Morgan fingerprint density at radius 3 is 2.58 bits per heavy atom. The van der Waals surface area contributed by atoms with E-state index in [0.717, 1.165) is 46.2 Å². The van der Waals surface area contributed by atoms with Crippen LogP contribution < -0.4 is 10.2 Å². The van der Waals surface area contributed by atoms with Gasteiger partial charge in [0, 0.05) is 42.2 Å². The fraction of sp³-hybridized carbons (Fsp3) is 0.231. The summed E-state index contributed by atoms with van der Waals surface area (Å²) in [7, 11) is 0. The summed E-state index contributed by atoms with van der Waals surface area (Å²) in [4.78, 5) is 38.5. The molecule has 1 aliphatic rings. The first kappa shape index (κ1) is 23.1. The number of rotatable bonds is 5. The molecule has 0 atom stereocenters. The molecule has 2 aromatic carbocycles. The van der Waals surface area contributed by atoms with E-state index in [1.54, 1.807) is 60.7 Å². The number of aryl methyl sites for hydroxylation is 1. The van der Waals surface area contributed by atoms with Crippen molar-refractivity contribution in [3.8, 4) is 0 Å². The minimum atomic E-state index is -0.173. The van der Waals surface area contributed by atoms with Crippen molar-refractivity contribution in [1.29, 1.82) is 0 Å². The van der Waals surface area contributed by atoms with Gasteiger partial charge < -0.3 is 14.6 Å². The molecule has 7 nitrogen and oxygen atoms in total. The van der Waals surface area contributed by atoms with Gasteiger partial charge in [-0.2, -0.15) is 0 Å². The summed E-state index contributed by atoms with van der Waals surface area (Å²) in [5.41, 5.74) is 2.79. The van der Waals surface area contributed by atoms with Crippen LogP contribution in [0.5, 0.6) is 0 Å². The fourth-order valence-corrected chi connectivity index (χ4v) is 6.75. The van der Waals surface area contributed by atoms with E-state index < -0.39 is 0 Å². The average Bonchev–Trinajstić information content (AvgIpc) is 3.56. The van der Waals surface area contributed by atoms with Gasteiger partial charge in [-0.1, -0.05) is 22.9 Å². The average molecular weight is 537 g/mol. The lowest BCUT2D eigenvalue weighted by molar-refractivity contribution is 0.0900. The lowest BCUT2D eigenvalue weighted by Crippen LogP contribution is -2.36. The Morgan fingerprint density at radius 1 is 1.06 bits per heavy atom. The summed E-state index contributed by atoms with van der Waals surface area (Å²) in [5, 5.41) is 4.51. The van der Waals surface area contributed by atoms with Crippen LogP contribution in [0.2, 0.25) is 5.02 Å². The Morgan fingerprint density at radius 2 is 1.83 bits per heavy atom. The number of nitrogens with zero attached hydrogens (tertiary/aromatic N) is 3. The quantitative estimate of drug-likeness (QED) is 0.248. The third-order valence-electron chi connectivity index (χ3n) is 6.32. The summed E-state index contributed by atoms with van der Waals surface area (Å²) >= 11 is 8.91. The van der Waals surface area contributed by atoms with Crippen LogP contribution in [0.15, 0.2) is 52.9 Å². The van der Waals surface area contributed by atoms with Crippen LogP contribution in [0.3, 0.4) is 0 Å². The molecule has 10 heteroatoms.